The molecule has 0 aromatic carbocycles. The van der Waals surface area contributed by atoms with Gasteiger partial charge in [0.05, 0.1) is 22.5 Å². The molecule has 7 nitrogen and oxygen atoms in total. The largest absolute Gasteiger partial charge is 0.356 e. The van der Waals surface area contributed by atoms with E-state index in [0.29, 0.717) is 23.9 Å². The van der Waals surface area contributed by atoms with Gasteiger partial charge >= 0.3 is 0 Å². The van der Waals surface area contributed by atoms with Gasteiger partial charge in [-0.05, 0) is 50.7 Å². The summed E-state index contributed by atoms with van der Waals surface area (Å²) in [6, 6.07) is 5.52. The minimum absolute atomic E-state index is 0.0528. The molecule has 0 radical (unpaired) electrons. The van der Waals surface area contributed by atoms with Gasteiger partial charge in [0.25, 0.3) is 5.91 Å². The summed E-state index contributed by atoms with van der Waals surface area (Å²) in [4.78, 5) is 16.2. The Morgan fingerprint density at radius 3 is 2.82 bits per heavy atom. The quantitative estimate of drug-likeness (QED) is 0.733. The topological polar surface area (TPSA) is 85.8 Å². The second-order valence-electron chi connectivity index (χ2n) is 7.60. The zero-order valence-corrected chi connectivity index (χ0v) is 16.3. The van der Waals surface area contributed by atoms with E-state index < -0.39 is 0 Å². The van der Waals surface area contributed by atoms with Gasteiger partial charge in [-0.25, -0.2) is 0 Å². The standard InChI is InChI=1S/C21H25N5O2/c1-14-10-19(28-25-14)18-13-26(2)24-20(18)16-7-5-15(6-8-16)11-23-21(27)17-4-3-9-22-12-17/h3-4,9-10,12-13,15-16H,5-8,11H2,1-2H3,(H,23,27). The summed E-state index contributed by atoms with van der Waals surface area (Å²) in [5, 5.41) is 11.8. The van der Waals surface area contributed by atoms with Crippen LogP contribution in [-0.2, 0) is 7.05 Å². The highest BCUT2D eigenvalue weighted by Gasteiger charge is 2.28. The Balaban J connectivity index is 1.35. The van der Waals surface area contributed by atoms with E-state index in [-0.39, 0.29) is 5.91 Å². The van der Waals surface area contributed by atoms with Crippen molar-refractivity contribution >= 4 is 5.91 Å². The Labute approximate surface area is 164 Å². The Morgan fingerprint density at radius 2 is 2.14 bits per heavy atom. The molecule has 1 amide bonds. The van der Waals surface area contributed by atoms with Gasteiger partial charge in [-0.15, -0.1) is 0 Å². The summed E-state index contributed by atoms with van der Waals surface area (Å²) >= 11 is 0. The number of rotatable bonds is 5. The van der Waals surface area contributed by atoms with Gasteiger partial charge in [0.2, 0.25) is 0 Å². The van der Waals surface area contributed by atoms with Crippen molar-refractivity contribution in [3.8, 4) is 11.3 Å². The average molecular weight is 379 g/mol. The van der Waals surface area contributed by atoms with Crippen LogP contribution in [0.2, 0.25) is 0 Å². The van der Waals surface area contributed by atoms with Crippen molar-refractivity contribution in [1.29, 1.82) is 0 Å². The van der Waals surface area contributed by atoms with Crippen LogP contribution in [0.1, 0.15) is 53.3 Å². The molecule has 1 N–H and O–H groups in total. The number of carbonyl (C=O) groups is 1. The minimum atomic E-state index is -0.0528. The SMILES string of the molecule is Cc1cc(-c2cn(C)nc2C2CCC(CNC(=O)c3cccnc3)CC2)on1. The summed E-state index contributed by atoms with van der Waals surface area (Å²) in [5.41, 5.74) is 3.61. The van der Waals surface area contributed by atoms with E-state index in [1.165, 1.54) is 0 Å². The second-order valence-corrected chi connectivity index (χ2v) is 7.60. The van der Waals surface area contributed by atoms with Crippen molar-refractivity contribution in [2.45, 2.75) is 38.5 Å². The highest BCUT2D eigenvalue weighted by molar-refractivity contribution is 5.93. The van der Waals surface area contributed by atoms with Crippen molar-refractivity contribution in [3.05, 3.63) is 53.7 Å². The van der Waals surface area contributed by atoms with E-state index >= 15 is 0 Å². The molecule has 28 heavy (non-hydrogen) atoms. The van der Waals surface area contributed by atoms with E-state index in [1.807, 2.05) is 30.9 Å². The predicted molar refractivity (Wildman–Crippen MR) is 105 cm³/mol. The maximum atomic E-state index is 12.2. The molecule has 3 heterocycles. The van der Waals surface area contributed by atoms with E-state index in [2.05, 4.69) is 15.5 Å². The first-order chi connectivity index (χ1) is 13.6. The zero-order valence-electron chi connectivity index (χ0n) is 16.3. The lowest BCUT2D eigenvalue weighted by Gasteiger charge is -2.28. The number of carbonyl (C=O) groups excluding carboxylic acids is 1. The number of pyridine rings is 1. The van der Waals surface area contributed by atoms with Crippen molar-refractivity contribution in [2.75, 3.05) is 6.54 Å². The average Bonchev–Trinajstić information content (AvgIpc) is 3.32. The molecule has 3 aromatic rings. The summed E-state index contributed by atoms with van der Waals surface area (Å²) in [6.45, 7) is 2.63. The molecule has 1 saturated carbocycles. The van der Waals surface area contributed by atoms with Crippen molar-refractivity contribution in [3.63, 3.8) is 0 Å². The van der Waals surface area contributed by atoms with E-state index in [0.717, 1.165) is 48.4 Å². The third kappa shape index (κ3) is 3.98. The summed E-state index contributed by atoms with van der Waals surface area (Å²) < 4.78 is 7.32. The van der Waals surface area contributed by atoms with Crippen LogP contribution in [0.5, 0.6) is 0 Å². The van der Waals surface area contributed by atoms with Gasteiger partial charge in [0, 0.05) is 44.2 Å². The van der Waals surface area contributed by atoms with E-state index in [9.17, 15) is 4.79 Å². The molecule has 1 fully saturated rings. The predicted octanol–water partition coefficient (Wildman–Crippen LogP) is 3.48. The number of hydrogen-bond donors (Lipinski definition) is 1. The van der Waals surface area contributed by atoms with E-state index in [1.54, 1.807) is 24.5 Å². The normalized spacial score (nSPS) is 19.5. The van der Waals surface area contributed by atoms with Gasteiger partial charge in [-0.3, -0.25) is 14.5 Å². The fraction of sp³-hybridized carbons (Fsp3) is 0.429. The molecule has 0 unspecified atom stereocenters. The lowest BCUT2D eigenvalue weighted by atomic mass is 9.79. The Morgan fingerprint density at radius 1 is 1.32 bits per heavy atom. The second kappa shape index (κ2) is 7.96. The molecule has 0 saturated heterocycles. The van der Waals surface area contributed by atoms with Crippen molar-refractivity contribution in [1.82, 2.24) is 25.2 Å². The number of aryl methyl sites for hydroxylation is 2. The van der Waals surface area contributed by atoms with Gasteiger partial charge in [-0.2, -0.15) is 5.10 Å². The summed E-state index contributed by atoms with van der Waals surface area (Å²) in [5.74, 6) is 1.64. The first kappa shape index (κ1) is 18.4. The van der Waals surface area contributed by atoms with Gasteiger partial charge < -0.3 is 9.84 Å². The van der Waals surface area contributed by atoms with Gasteiger partial charge in [-0.1, -0.05) is 5.16 Å². The zero-order chi connectivity index (χ0) is 19.5. The van der Waals surface area contributed by atoms with Crippen LogP contribution in [0.15, 0.2) is 41.3 Å². The monoisotopic (exact) mass is 379 g/mol. The highest BCUT2D eigenvalue weighted by Crippen LogP contribution is 2.39. The number of nitrogens with zero attached hydrogens (tertiary/aromatic N) is 4. The van der Waals surface area contributed by atoms with Crippen molar-refractivity contribution in [2.24, 2.45) is 13.0 Å². The molecule has 0 bridgehead atoms. The van der Waals surface area contributed by atoms with E-state index in [4.69, 9.17) is 9.62 Å². The summed E-state index contributed by atoms with van der Waals surface area (Å²) in [6.07, 6.45) is 9.54. The van der Waals surface area contributed by atoms with Crippen LogP contribution in [0.3, 0.4) is 0 Å². The van der Waals surface area contributed by atoms with Crippen molar-refractivity contribution < 1.29 is 9.32 Å². The highest BCUT2D eigenvalue weighted by atomic mass is 16.5. The maximum absolute atomic E-state index is 12.2. The van der Waals surface area contributed by atoms with Crippen LogP contribution in [0, 0.1) is 12.8 Å². The van der Waals surface area contributed by atoms with Crippen LogP contribution >= 0.6 is 0 Å². The number of hydrogen-bond acceptors (Lipinski definition) is 5. The Hall–Kier alpha value is -2.96. The fourth-order valence-electron chi connectivity index (χ4n) is 3.96. The van der Waals surface area contributed by atoms with Crippen LogP contribution < -0.4 is 5.32 Å². The summed E-state index contributed by atoms with van der Waals surface area (Å²) in [7, 11) is 1.94. The first-order valence-electron chi connectivity index (χ1n) is 9.75. The fourth-order valence-corrected chi connectivity index (χ4v) is 3.96. The molecular formula is C21H25N5O2. The van der Waals surface area contributed by atoms with Crippen LogP contribution in [0.25, 0.3) is 11.3 Å². The molecule has 146 valence electrons. The molecular weight excluding hydrogens is 354 g/mol. The number of nitrogens with one attached hydrogen (secondary N) is 1. The van der Waals surface area contributed by atoms with Gasteiger partial charge in [0.1, 0.15) is 0 Å². The molecule has 7 heteroatoms. The number of aromatic nitrogens is 4. The third-order valence-corrected chi connectivity index (χ3v) is 5.46. The molecule has 4 rings (SSSR count). The third-order valence-electron chi connectivity index (χ3n) is 5.46. The smallest absolute Gasteiger partial charge is 0.252 e. The molecule has 0 atom stereocenters. The van der Waals surface area contributed by atoms with Crippen LogP contribution in [0.4, 0.5) is 0 Å². The molecule has 1 aliphatic rings. The Kier molecular flexibility index (Phi) is 5.23. The maximum Gasteiger partial charge on any atom is 0.252 e. The molecule has 3 aromatic heterocycles. The lowest BCUT2D eigenvalue weighted by molar-refractivity contribution is 0.0942. The number of amides is 1. The lowest BCUT2D eigenvalue weighted by Crippen LogP contribution is -2.31. The molecule has 1 aliphatic carbocycles. The molecule has 0 aliphatic heterocycles. The minimum Gasteiger partial charge on any atom is -0.356 e. The Bertz CT molecular complexity index is 939. The van der Waals surface area contributed by atoms with Gasteiger partial charge in [0.15, 0.2) is 5.76 Å². The first-order valence-corrected chi connectivity index (χ1v) is 9.75. The van der Waals surface area contributed by atoms with Crippen LogP contribution in [-0.4, -0.2) is 32.4 Å². The molecule has 0 spiro atoms.